The molecule has 0 aliphatic rings. The van der Waals surface area contributed by atoms with Crippen LogP contribution >= 0.6 is 15.6 Å². The van der Waals surface area contributed by atoms with Crippen LogP contribution < -0.4 is 0 Å². The number of phosphoric ester groups is 2. The zero-order valence-electron chi connectivity index (χ0n) is 58.8. The zero-order chi connectivity index (χ0) is 66.8. The van der Waals surface area contributed by atoms with Crippen molar-refractivity contribution in [3.05, 3.63) is 0 Å². The Morgan fingerprint density at radius 3 is 0.689 bits per heavy atom. The molecular weight excluding hydrogens is 1190 g/mol. The topological polar surface area (TPSA) is 237 Å². The van der Waals surface area contributed by atoms with Crippen LogP contribution in [0.25, 0.3) is 0 Å². The molecule has 90 heavy (non-hydrogen) atoms. The minimum Gasteiger partial charge on any atom is -0.462 e. The van der Waals surface area contributed by atoms with Crippen molar-refractivity contribution in [1.29, 1.82) is 0 Å². The van der Waals surface area contributed by atoms with E-state index in [1.54, 1.807) is 0 Å². The Morgan fingerprint density at radius 1 is 0.278 bits per heavy atom. The summed E-state index contributed by atoms with van der Waals surface area (Å²) in [5, 5.41) is 10.6. The summed E-state index contributed by atoms with van der Waals surface area (Å²) in [6.07, 6.45) is 43.0. The summed E-state index contributed by atoms with van der Waals surface area (Å²) >= 11 is 0. The second kappa shape index (κ2) is 60.7. The molecule has 0 aliphatic heterocycles. The van der Waals surface area contributed by atoms with Crippen LogP contribution in [0.5, 0.6) is 0 Å². The highest BCUT2D eigenvalue weighted by atomic mass is 31.2. The third-order valence-corrected chi connectivity index (χ3v) is 18.2. The number of hydrogen-bond donors (Lipinski definition) is 3. The van der Waals surface area contributed by atoms with Crippen molar-refractivity contribution in [3.8, 4) is 0 Å². The van der Waals surface area contributed by atoms with Crippen LogP contribution in [-0.2, 0) is 65.4 Å². The molecule has 17 nitrogen and oxygen atoms in total. The van der Waals surface area contributed by atoms with E-state index in [2.05, 4.69) is 55.4 Å². The van der Waals surface area contributed by atoms with Crippen molar-refractivity contribution in [3.63, 3.8) is 0 Å². The van der Waals surface area contributed by atoms with Crippen LogP contribution in [-0.4, -0.2) is 96.7 Å². The Kier molecular flexibility index (Phi) is 59.4. The summed E-state index contributed by atoms with van der Waals surface area (Å²) in [6.45, 7) is 14.1. The van der Waals surface area contributed by atoms with E-state index in [1.165, 1.54) is 154 Å². The summed E-state index contributed by atoms with van der Waals surface area (Å²) in [7, 11) is -9.90. The fourth-order valence-electron chi connectivity index (χ4n) is 10.7. The highest BCUT2D eigenvalue weighted by Crippen LogP contribution is 2.45. The maximum atomic E-state index is 13.0. The SMILES string of the molecule is CC(C)CCCCCCCCCCCCCC(=O)O[C@H](COC(=O)CCCCCCCCCCCC(C)C)COP(=O)(O)OC[C@@H](O)COP(=O)(O)OC[C@@H](COC(=O)CCCCCCCCCCCC(C)C)OC(=O)CCCCCCCCCCCC(C)C. The first-order chi connectivity index (χ1) is 43.1. The van der Waals surface area contributed by atoms with Crippen molar-refractivity contribution in [2.45, 2.75) is 369 Å². The molecular formula is C71H138O17P2. The first-order valence-corrected chi connectivity index (χ1v) is 39.7. The van der Waals surface area contributed by atoms with Gasteiger partial charge in [0.2, 0.25) is 0 Å². The smallest absolute Gasteiger partial charge is 0.462 e. The van der Waals surface area contributed by atoms with E-state index in [4.69, 9.17) is 37.0 Å². The van der Waals surface area contributed by atoms with Gasteiger partial charge < -0.3 is 33.8 Å². The lowest BCUT2D eigenvalue weighted by Gasteiger charge is -2.21. The average molecular weight is 1330 g/mol. The minimum absolute atomic E-state index is 0.104. The molecule has 0 saturated heterocycles. The van der Waals surface area contributed by atoms with E-state index in [1.807, 2.05) is 0 Å². The van der Waals surface area contributed by atoms with Crippen molar-refractivity contribution < 1.29 is 80.2 Å². The number of rotatable bonds is 68. The number of phosphoric acid groups is 2. The predicted molar refractivity (Wildman–Crippen MR) is 363 cm³/mol. The minimum atomic E-state index is -4.95. The molecule has 2 unspecified atom stereocenters. The van der Waals surface area contributed by atoms with E-state index in [-0.39, 0.29) is 25.7 Å². The molecule has 5 atom stereocenters. The molecule has 0 aromatic carbocycles. The largest absolute Gasteiger partial charge is 0.472 e. The summed E-state index contributed by atoms with van der Waals surface area (Å²) in [5.74, 6) is 0.861. The van der Waals surface area contributed by atoms with Gasteiger partial charge in [-0.05, 0) is 49.4 Å². The van der Waals surface area contributed by atoms with Gasteiger partial charge in [0.25, 0.3) is 0 Å². The number of carbonyl (C=O) groups is 4. The lowest BCUT2D eigenvalue weighted by molar-refractivity contribution is -0.161. The van der Waals surface area contributed by atoms with E-state index in [0.29, 0.717) is 25.7 Å². The molecule has 0 aromatic rings. The second-order valence-electron chi connectivity index (χ2n) is 27.5. The number of aliphatic hydroxyl groups is 1. The lowest BCUT2D eigenvalue weighted by Crippen LogP contribution is -2.30. The number of carbonyl (C=O) groups excluding carboxylic acids is 4. The van der Waals surface area contributed by atoms with E-state index in [9.17, 15) is 43.2 Å². The number of aliphatic hydroxyl groups excluding tert-OH is 1. The molecule has 0 bridgehead atoms. The van der Waals surface area contributed by atoms with E-state index < -0.39 is 97.5 Å². The molecule has 0 amide bonds. The normalized spacial score (nSPS) is 14.3. The Labute approximate surface area is 549 Å². The molecule has 3 N–H and O–H groups in total. The molecule has 534 valence electrons. The number of unbranched alkanes of at least 4 members (excludes halogenated alkanes) is 34. The van der Waals surface area contributed by atoms with Crippen molar-refractivity contribution in [2.75, 3.05) is 39.6 Å². The van der Waals surface area contributed by atoms with E-state index >= 15 is 0 Å². The molecule has 0 spiro atoms. The maximum absolute atomic E-state index is 13.0. The lowest BCUT2D eigenvalue weighted by atomic mass is 10.0. The van der Waals surface area contributed by atoms with Gasteiger partial charge >= 0.3 is 39.5 Å². The Bertz CT molecular complexity index is 1780. The monoisotopic (exact) mass is 1320 g/mol. The quantitative estimate of drug-likeness (QED) is 0.0222. The van der Waals surface area contributed by atoms with Gasteiger partial charge in [-0.1, -0.05) is 299 Å². The molecule has 0 aliphatic carbocycles. The van der Waals surface area contributed by atoms with Gasteiger partial charge in [0.15, 0.2) is 12.2 Å². The third-order valence-electron chi connectivity index (χ3n) is 16.3. The average Bonchev–Trinajstić information content (AvgIpc) is 3.03. The summed E-state index contributed by atoms with van der Waals surface area (Å²) < 4.78 is 68.3. The van der Waals surface area contributed by atoms with Crippen LogP contribution in [0.1, 0.15) is 351 Å². The van der Waals surface area contributed by atoms with Gasteiger partial charge in [0, 0.05) is 25.7 Å². The highest BCUT2D eigenvalue weighted by Gasteiger charge is 2.30. The van der Waals surface area contributed by atoms with Gasteiger partial charge in [-0.25, -0.2) is 9.13 Å². The number of hydrogen-bond acceptors (Lipinski definition) is 15. The standard InChI is InChI=1S/C71H138O17P2/c1-61(2)47-39-31-23-15-10-9-11-19-29-37-45-53-70(75)87-66(57-81-68(73)51-43-35-27-20-12-16-24-32-40-48-62(3)4)59-85-89(77,78)83-55-65(72)56-84-90(79,80)86-60-67(88-71(76)54-46-38-30-22-14-18-26-34-42-50-64(7)8)58-82-69(74)52-44-36-28-21-13-17-25-33-41-49-63(5)6/h61-67,72H,9-60H2,1-8H3,(H,77,78)(H,79,80)/t65-,66-,67-/m1/s1. The predicted octanol–water partition coefficient (Wildman–Crippen LogP) is 20.1. The van der Waals surface area contributed by atoms with Crippen molar-refractivity contribution in [1.82, 2.24) is 0 Å². The Hall–Kier alpha value is -1.94. The van der Waals surface area contributed by atoms with Gasteiger partial charge in [-0.2, -0.15) is 0 Å². The number of ether oxygens (including phenoxy) is 4. The number of esters is 4. The van der Waals surface area contributed by atoms with Gasteiger partial charge in [0.05, 0.1) is 26.4 Å². The van der Waals surface area contributed by atoms with Gasteiger partial charge in [-0.3, -0.25) is 37.3 Å². The molecule has 0 heterocycles. The van der Waals surface area contributed by atoms with Crippen LogP contribution in [0, 0.1) is 23.7 Å². The van der Waals surface area contributed by atoms with Crippen LogP contribution in [0.3, 0.4) is 0 Å². The van der Waals surface area contributed by atoms with Crippen LogP contribution in [0.2, 0.25) is 0 Å². The summed E-state index contributed by atoms with van der Waals surface area (Å²) in [4.78, 5) is 72.6. The first kappa shape index (κ1) is 88.1. The first-order valence-electron chi connectivity index (χ1n) is 36.7. The van der Waals surface area contributed by atoms with Crippen molar-refractivity contribution >= 4 is 39.5 Å². The Morgan fingerprint density at radius 2 is 0.467 bits per heavy atom. The maximum Gasteiger partial charge on any atom is 0.472 e. The van der Waals surface area contributed by atoms with Gasteiger partial charge in [0.1, 0.15) is 19.3 Å². The molecule has 0 saturated carbocycles. The third kappa shape index (κ3) is 64.8. The molecule has 0 radical (unpaired) electrons. The molecule has 0 rings (SSSR count). The van der Waals surface area contributed by atoms with Gasteiger partial charge in [-0.15, -0.1) is 0 Å². The van der Waals surface area contributed by atoms with Crippen LogP contribution in [0.4, 0.5) is 0 Å². The molecule has 0 aromatic heterocycles. The fourth-order valence-corrected chi connectivity index (χ4v) is 12.2. The summed E-state index contributed by atoms with van der Waals surface area (Å²) in [5.41, 5.74) is 0. The molecule has 19 heteroatoms. The van der Waals surface area contributed by atoms with E-state index in [0.717, 1.165) is 114 Å². The zero-order valence-corrected chi connectivity index (χ0v) is 60.6. The highest BCUT2D eigenvalue weighted by molar-refractivity contribution is 7.47. The summed E-state index contributed by atoms with van der Waals surface area (Å²) in [6, 6.07) is 0. The Balaban J connectivity index is 5.27. The second-order valence-corrected chi connectivity index (χ2v) is 30.4. The fraction of sp³-hybridized carbons (Fsp3) is 0.944. The molecule has 0 fully saturated rings. The van der Waals surface area contributed by atoms with Crippen LogP contribution in [0.15, 0.2) is 0 Å². The van der Waals surface area contributed by atoms with Crippen molar-refractivity contribution in [2.24, 2.45) is 23.7 Å².